The quantitative estimate of drug-likeness (QED) is 0.717. The number of aromatic nitrogens is 3. The summed E-state index contributed by atoms with van der Waals surface area (Å²) in [4.78, 5) is 20.7. The molecule has 8 nitrogen and oxygen atoms in total. The maximum atomic E-state index is 11.6. The van der Waals surface area contributed by atoms with Gasteiger partial charge in [-0.05, 0) is 25.1 Å². The maximum Gasteiger partial charge on any atom is 0.241 e. The summed E-state index contributed by atoms with van der Waals surface area (Å²) in [5.74, 6) is 1.08. The molecule has 4 rings (SSSR count). The molecule has 148 valence electrons. The van der Waals surface area contributed by atoms with E-state index >= 15 is 0 Å². The number of ether oxygens (including phenoxy) is 2. The number of nitrogens with one attached hydrogen (secondary N) is 1. The molecule has 0 bridgehead atoms. The van der Waals surface area contributed by atoms with Crippen LogP contribution in [0.4, 0.5) is 0 Å². The average molecular weight is 391 g/mol. The first-order chi connectivity index (χ1) is 14.0. The van der Waals surface area contributed by atoms with E-state index in [2.05, 4.69) is 16.4 Å². The molecule has 1 fully saturated rings. The summed E-state index contributed by atoms with van der Waals surface area (Å²) in [7, 11) is 3.42. The van der Waals surface area contributed by atoms with Crippen molar-refractivity contribution >= 4 is 16.9 Å². The minimum atomic E-state index is -0.190. The lowest BCUT2D eigenvalue weighted by molar-refractivity contribution is -0.119. The molecule has 29 heavy (non-hydrogen) atoms. The number of carbonyl (C=O) groups excluding carboxylic acids is 1. The number of methoxy groups -OCH3 is 1. The number of nitriles is 1. The summed E-state index contributed by atoms with van der Waals surface area (Å²) in [6, 6.07) is 9.30. The van der Waals surface area contributed by atoms with Crippen molar-refractivity contribution in [3.05, 3.63) is 36.2 Å². The summed E-state index contributed by atoms with van der Waals surface area (Å²) < 4.78 is 13.4. The number of pyridine rings is 1. The zero-order valence-electron chi connectivity index (χ0n) is 16.5. The predicted molar refractivity (Wildman–Crippen MR) is 106 cm³/mol. The number of carbonyl (C=O) groups is 1. The van der Waals surface area contributed by atoms with E-state index in [1.54, 1.807) is 18.5 Å². The third kappa shape index (κ3) is 3.47. The number of benzene rings is 1. The Labute approximate surface area is 168 Å². The first-order valence-corrected chi connectivity index (χ1v) is 9.34. The van der Waals surface area contributed by atoms with Crippen molar-refractivity contribution in [2.45, 2.75) is 19.4 Å². The summed E-state index contributed by atoms with van der Waals surface area (Å²) in [6.45, 7) is 2.55. The zero-order chi connectivity index (χ0) is 20.5. The highest BCUT2D eigenvalue weighted by atomic mass is 16.5. The van der Waals surface area contributed by atoms with Gasteiger partial charge in [0.1, 0.15) is 23.4 Å². The highest BCUT2D eigenvalue weighted by Crippen LogP contribution is 2.32. The van der Waals surface area contributed by atoms with E-state index in [4.69, 9.17) is 14.5 Å². The Morgan fingerprint density at radius 3 is 2.90 bits per heavy atom. The van der Waals surface area contributed by atoms with Crippen molar-refractivity contribution < 1.29 is 14.3 Å². The second-order valence-electron chi connectivity index (χ2n) is 7.15. The topological polar surface area (TPSA) is 102 Å². The number of hydrogen-bond acceptors (Lipinski definition) is 6. The largest absolute Gasteiger partial charge is 0.495 e. The molecule has 3 aromatic rings. The van der Waals surface area contributed by atoms with Crippen LogP contribution < -0.4 is 14.8 Å². The van der Waals surface area contributed by atoms with Crippen LogP contribution in [0.25, 0.3) is 22.3 Å². The Morgan fingerprint density at radius 1 is 1.38 bits per heavy atom. The van der Waals surface area contributed by atoms with Gasteiger partial charge in [0.15, 0.2) is 0 Å². The third-order valence-corrected chi connectivity index (χ3v) is 5.25. The lowest BCUT2D eigenvalue weighted by atomic mass is 10.0. The van der Waals surface area contributed by atoms with E-state index < -0.39 is 0 Å². The molecule has 1 aromatic carbocycles. The minimum absolute atomic E-state index is 0.0440. The fraction of sp³-hybridized carbons (Fsp3) is 0.333. The average Bonchev–Trinajstić information content (AvgIpc) is 3.33. The molecule has 2 aromatic heterocycles. The lowest BCUT2D eigenvalue weighted by Crippen LogP contribution is -2.26. The smallest absolute Gasteiger partial charge is 0.241 e. The molecule has 0 aliphatic carbocycles. The number of imidazole rings is 1. The fourth-order valence-corrected chi connectivity index (χ4v) is 3.54. The normalized spacial score (nSPS) is 17.0. The van der Waals surface area contributed by atoms with Crippen LogP contribution in [0.1, 0.15) is 18.9 Å². The molecule has 1 N–H and O–H groups in total. The van der Waals surface area contributed by atoms with Crippen molar-refractivity contribution in [2.24, 2.45) is 13.0 Å². The van der Waals surface area contributed by atoms with Crippen molar-refractivity contribution in [1.82, 2.24) is 19.9 Å². The van der Waals surface area contributed by atoms with Crippen molar-refractivity contribution in [3.8, 4) is 29.0 Å². The predicted octanol–water partition coefficient (Wildman–Crippen LogP) is 2.42. The molecular formula is C21H21N5O3. The molecule has 1 unspecified atom stereocenters. The number of nitrogens with zero attached hydrogens (tertiary/aromatic N) is 4. The fourth-order valence-electron chi connectivity index (χ4n) is 3.54. The maximum absolute atomic E-state index is 11.6. The van der Waals surface area contributed by atoms with E-state index in [1.165, 1.54) is 7.11 Å². The van der Waals surface area contributed by atoms with Gasteiger partial charge < -0.3 is 19.4 Å². The molecular weight excluding hydrogens is 370 g/mol. The molecule has 8 heteroatoms. The van der Waals surface area contributed by atoms with Gasteiger partial charge in [0, 0.05) is 31.5 Å². The molecule has 1 saturated heterocycles. The van der Waals surface area contributed by atoms with Crippen molar-refractivity contribution in [1.29, 1.82) is 5.26 Å². The van der Waals surface area contributed by atoms with Gasteiger partial charge in [0.25, 0.3) is 0 Å². The van der Waals surface area contributed by atoms with E-state index in [9.17, 15) is 10.1 Å². The van der Waals surface area contributed by atoms with E-state index in [-0.39, 0.29) is 17.9 Å². The van der Waals surface area contributed by atoms with Crippen molar-refractivity contribution in [3.63, 3.8) is 0 Å². The second-order valence-corrected chi connectivity index (χ2v) is 7.15. The van der Waals surface area contributed by atoms with Crippen LogP contribution in [0, 0.1) is 17.2 Å². The number of aryl methyl sites for hydroxylation is 1. The Morgan fingerprint density at radius 2 is 2.21 bits per heavy atom. The first kappa shape index (κ1) is 18.7. The Kier molecular flexibility index (Phi) is 4.80. The van der Waals surface area contributed by atoms with Crippen LogP contribution in [0.3, 0.4) is 0 Å². The van der Waals surface area contributed by atoms with Gasteiger partial charge in [-0.3, -0.25) is 4.79 Å². The summed E-state index contributed by atoms with van der Waals surface area (Å²) >= 11 is 0. The number of fused-ring (bicyclic) bond motifs is 1. The molecule has 3 heterocycles. The summed E-state index contributed by atoms with van der Waals surface area (Å²) in [5, 5.41) is 12.1. The van der Waals surface area contributed by atoms with Gasteiger partial charge in [-0.2, -0.15) is 5.26 Å². The second kappa shape index (κ2) is 7.43. The summed E-state index contributed by atoms with van der Waals surface area (Å²) in [6.07, 6.45) is 1.97. The number of rotatable bonds is 5. The van der Waals surface area contributed by atoms with Gasteiger partial charge in [0.05, 0.1) is 30.2 Å². The van der Waals surface area contributed by atoms with Crippen molar-refractivity contribution in [2.75, 3.05) is 13.7 Å². The summed E-state index contributed by atoms with van der Waals surface area (Å²) in [5.41, 5.74) is 3.46. The molecule has 0 saturated carbocycles. The standard InChI is InChI=1S/C21H21N5O3/c1-12(15-7-19(27)23-10-15)29-21-20-17(24-11-26(20)2)8-16(25-21)13-4-5-14(9-22)18(6-13)28-3/h4-6,8,11-12,15H,7,10H2,1-3H3,(H,23,27)/t12-,15?/m1/s1. The van der Waals surface area contributed by atoms with Gasteiger partial charge >= 0.3 is 0 Å². The zero-order valence-corrected chi connectivity index (χ0v) is 16.5. The molecule has 0 spiro atoms. The highest BCUT2D eigenvalue weighted by Gasteiger charge is 2.29. The minimum Gasteiger partial charge on any atom is -0.495 e. The van der Waals surface area contributed by atoms with E-state index in [0.717, 1.165) is 16.6 Å². The number of hydrogen-bond donors (Lipinski definition) is 1. The third-order valence-electron chi connectivity index (χ3n) is 5.25. The van der Waals surface area contributed by atoms with Gasteiger partial charge in [-0.25, -0.2) is 9.97 Å². The Bertz CT molecular complexity index is 1130. The molecule has 1 aliphatic heterocycles. The Hall–Kier alpha value is -3.60. The van der Waals surface area contributed by atoms with Crippen LogP contribution >= 0.6 is 0 Å². The van der Waals surface area contributed by atoms with E-state index in [1.807, 2.05) is 30.7 Å². The van der Waals surface area contributed by atoms with Crippen LogP contribution in [-0.4, -0.2) is 40.2 Å². The van der Waals surface area contributed by atoms with E-state index in [0.29, 0.717) is 35.9 Å². The van der Waals surface area contributed by atoms with Gasteiger partial charge in [0.2, 0.25) is 11.8 Å². The molecule has 1 aliphatic rings. The molecule has 2 atom stereocenters. The lowest BCUT2D eigenvalue weighted by Gasteiger charge is -2.20. The van der Waals surface area contributed by atoms with Crippen LogP contribution in [0.2, 0.25) is 0 Å². The van der Waals surface area contributed by atoms with Gasteiger partial charge in [-0.1, -0.05) is 6.07 Å². The molecule has 1 amide bonds. The van der Waals surface area contributed by atoms with Gasteiger partial charge in [-0.15, -0.1) is 0 Å². The first-order valence-electron chi connectivity index (χ1n) is 9.34. The number of amides is 1. The SMILES string of the molecule is COc1cc(-c2cc3ncn(C)c3c(O[C@H](C)C3CNC(=O)C3)n2)ccc1C#N. The van der Waals surface area contributed by atoms with Crippen LogP contribution in [0.15, 0.2) is 30.6 Å². The highest BCUT2D eigenvalue weighted by molar-refractivity contribution is 5.85. The Balaban J connectivity index is 1.75. The monoisotopic (exact) mass is 391 g/mol. The van der Waals surface area contributed by atoms with Crippen LogP contribution in [-0.2, 0) is 11.8 Å². The van der Waals surface area contributed by atoms with Crippen LogP contribution in [0.5, 0.6) is 11.6 Å². The molecule has 0 radical (unpaired) electrons.